The van der Waals surface area contributed by atoms with Crippen LogP contribution in [-0.2, 0) is 27.7 Å². The van der Waals surface area contributed by atoms with E-state index in [1.807, 2.05) is 56.7 Å². The summed E-state index contributed by atoms with van der Waals surface area (Å²) < 4.78 is 25.3. The second-order valence-corrected chi connectivity index (χ2v) is 11.9. The summed E-state index contributed by atoms with van der Waals surface area (Å²) in [4.78, 5) is 16.0. The predicted molar refractivity (Wildman–Crippen MR) is 165 cm³/mol. The van der Waals surface area contributed by atoms with Crippen molar-refractivity contribution in [3.8, 4) is 28.1 Å². The molecule has 2 aromatic heterocycles. The van der Waals surface area contributed by atoms with E-state index in [-0.39, 0.29) is 11.9 Å². The molecule has 11 nitrogen and oxygen atoms in total. The van der Waals surface area contributed by atoms with Crippen LogP contribution in [0, 0.1) is 12.3 Å². The van der Waals surface area contributed by atoms with Gasteiger partial charge in [0, 0.05) is 68.4 Å². The Labute approximate surface area is 257 Å². The number of carbonyl (C=O) groups excluding carboxylic acids is 1. The van der Waals surface area contributed by atoms with Crippen LogP contribution in [0.5, 0.6) is 5.75 Å². The Morgan fingerprint density at radius 3 is 2.55 bits per heavy atom. The number of rotatable bonds is 13. The van der Waals surface area contributed by atoms with Crippen molar-refractivity contribution in [2.75, 3.05) is 53.7 Å². The van der Waals surface area contributed by atoms with Gasteiger partial charge in [0.25, 0.3) is 5.91 Å². The van der Waals surface area contributed by atoms with Crippen LogP contribution < -0.4 is 10.1 Å². The topological polar surface area (TPSA) is 105 Å². The molecule has 1 amide bonds. The number of benzene rings is 2. The molecule has 1 spiro atoms. The third-order valence-electron chi connectivity index (χ3n) is 8.29. The highest BCUT2D eigenvalue weighted by atomic mass is 16.5. The Hall–Kier alpha value is -4.03. The van der Waals surface area contributed by atoms with E-state index in [0.29, 0.717) is 36.8 Å². The molecule has 6 rings (SSSR count). The zero-order chi connectivity index (χ0) is 30.7. The Morgan fingerprint density at radius 2 is 1.80 bits per heavy atom. The Bertz CT molecular complexity index is 1540. The molecule has 0 radical (unpaired) electrons. The van der Waals surface area contributed by atoms with Crippen molar-refractivity contribution in [1.82, 2.24) is 29.8 Å². The highest BCUT2D eigenvalue weighted by Gasteiger charge is 2.48. The molecule has 0 saturated carbocycles. The van der Waals surface area contributed by atoms with Gasteiger partial charge in [-0.15, -0.1) is 0 Å². The molecule has 4 aromatic rings. The average molecular weight is 601 g/mol. The molecule has 44 heavy (non-hydrogen) atoms. The molecule has 2 aliphatic heterocycles. The van der Waals surface area contributed by atoms with Crippen molar-refractivity contribution in [2.24, 2.45) is 5.41 Å². The summed E-state index contributed by atoms with van der Waals surface area (Å²) in [6.45, 7) is 9.99. The second kappa shape index (κ2) is 12.9. The number of methoxy groups -OCH3 is 2. The van der Waals surface area contributed by atoms with Crippen LogP contribution in [0.3, 0.4) is 0 Å². The number of nitrogens with zero attached hydrogens (tertiary/aromatic N) is 5. The molecule has 4 heterocycles. The van der Waals surface area contributed by atoms with Crippen LogP contribution in [0.25, 0.3) is 22.4 Å². The van der Waals surface area contributed by atoms with Crippen molar-refractivity contribution in [3.63, 3.8) is 0 Å². The highest BCUT2D eigenvalue weighted by Crippen LogP contribution is 2.37. The number of aryl methyl sites for hydroxylation is 1. The lowest BCUT2D eigenvalue weighted by atomic mass is 9.78. The summed E-state index contributed by atoms with van der Waals surface area (Å²) in [5, 5.41) is 12.3. The molecule has 0 unspecified atom stereocenters. The monoisotopic (exact) mass is 600 g/mol. The normalized spacial score (nSPS) is 16.4. The molecular weight excluding hydrogens is 560 g/mol. The largest absolute Gasteiger partial charge is 0.492 e. The van der Waals surface area contributed by atoms with Crippen LogP contribution in [0.15, 0.2) is 61.1 Å². The van der Waals surface area contributed by atoms with Gasteiger partial charge in [-0.3, -0.25) is 9.69 Å². The first-order valence-corrected chi connectivity index (χ1v) is 14.9. The van der Waals surface area contributed by atoms with Crippen molar-refractivity contribution in [1.29, 1.82) is 0 Å². The van der Waals surface area contributed by atoms with Gasteiger partial charge in [0.05, 0.1) is 31.1 Å². The lowest BCUT2D eigenvalue weighted by Gasteiger charge is -2.55. The fourth-order valence-corrected chi connectivity index (χ4v) is 5.87. The molecule has 2 aromatic carbocycles. The highest BCUT2D eigenvalue weighted by molar-refractivity contribution is 5.96. The molecule has 11 heteroatoms. The summed E-state index contributed by atoms with van der Waals surface area (Å²) in [5.41, 5.74) is 6.46. The molecule has 1 atom stereocenters. The van der Waals surface area contributed by atoms with Gasteiger partial charge < -0.3 is 24.3 Å². The minimum absolute atomic E-state index is 0.153. The lowest BCUT2D eigenvalue weighted by Crippen LogP contribution is -2.66. The molecule has 2 saturated heterocycles. The third-order valence-corrected chi connectivity index (χ3v) is 8.29. The number of carbonyl (C=O) groups is 1. The number of hydrogen-bond donors (Lipinski definition) is 1. The molecule has 2 aliphatic rings. The van der Waals surface area contributed by atoms with Gasteiger partial charge in [0.1, 0.15) is 25.8 Å². The minimum atomic E-state index is -0.283. The van der Waals surface area contributed by atoms with E-state index in [1.165, 1.54) is 0 Å². The Morgan fingerprint density at radius 1 is 1.02 bits per heavy atom. The Kier molecular flexibility index (Phi) is 8.81. The van der Waals surface area contributed by atoms with Crippen molar-refractivity contribution in [3.05, 3.63) is 77.7 Å². The number of amides is 1. The van der Waals surface area contributed by atoms with E-state index in [0.717, 1.165) is 66.4 Å². The smallest absolute Gasteiger partial charge is 0.252 e. The molecule has 0 aliphatic carbocycles. The van der Waals surface area contributed by atoms with Crippen LogP contribution in [0.2, 0.25) is 0 Å². The van der Waals surface area contributed by atoms with Gasteiger partial charge in [0.2, 0.25) is 0 Å². The van der Waals surface area contributed by atoms with E-state index >= 15 is 0 Å². The van der Waals surface area contributed by atoms with Gasteiger partial charge in [-0.05, 0) is 66.9 Å². The summed E-state index contributed by atoms with van der Waals surface area (Å²) in [5.74, 6) is 0.541. The van der Waals surface area contributed by atoms with Crippen LogP contribution >= 0.6 is 0 Å². The van der Waals surface area contributed by atoms with E-state index in [9.17, 15) is 4.79 Å². The molecule has 1 N–H and O–H groups in total. The number of nitrogens with one attached hydrogen (secondary N) is 1. The zero-order valence-corrected chi connectivity index (χ0v) is 25.8. The molecular formula is C33H40N6O5. The van der Waals surface area contributed by atoms with Gasteiger partial charge in [0.15, 0.2) is 0 Å². The molecule has 2 fully saturated rings. The Balaban J connectivity index is 1.17. The first-order chi connectivity index (χ1) is 21.3. The average Bonchev–Trinajstić information content (AvgIpc) is 3.64. The van der Waals surface area contributed by atoms with Gasteiger partial charge >= 0.3 is 0 Å². The zero-order valence-electron chi connectivity index (χ0n) is 25.8. The quantitative estimate of drug-likeness (QED) is 0.244. The standard InChI is InChI=1S/C33H40N6O5/c1-23-5-6-29(44-10-9-37-17-33(18-37)19-43-20-33)14-30(23)32(40)35-24(2)25-11-26(28-15-34-39(16-28)22-42-4)13-27(12-25)31-7-8-38(36-31)21-41-3/h5-8,11-16,24H,9-10,17-22H2,1-4H3,(H,35,40)/t24-/m1/s1. The third kappa shape index (κ3) is 6.56. The summed E-state index contributed by atoms with van der Waals surface area (Å²) in [6.07, 6.45) is 5.63. The van der Waals surface area contributed by atoms with Crippen LogP contribution in [0.1, 0.15) is 34.5 Å². The van der Waals surface area contributed by atoms with E-state index in [2.05, 4.69) is 38.6 Å². The summed E-state index contributed by atoms with van der Waals surface area (Å²) in [7, 11) is 3.27. The number of likely N-dealkylation sites (tertiary alicyclic amines) is 1. The summed E-state index contributed by atoms with van der Waals surface area (Å²) in [6, 6.07) is 13.6. The number of hydrogen-bond acceptors (Lipinski definition) is 8. The minimum Gasteiger partial charge on any atom is -0.492 e. The maximum absolute atomic E-state index is 13.6. The van der Waals surface area contributed by atoms with Crippen LogP contribution in [0.4, 0.5) is 0 Å². The molecule has 232 valence electrons. The second-order valence-electron chi connectivity index (χ2n) is 11.9. The van der Waals surface area contributed by atoms with Crippen molar-refractivity contribution >= 4 is 5.91 Å². The molecule has 0 bridgehead atoms. The summed E-state index contributed by atoms with van der Waals surface area (Å²) >= 11 is 0. The first kappa shape index (κ1) is 30.0. The first-order valence-electron chi connectivity index (χ1n) is 14.9. The van der Waals surface area contributed by atoms with Crippen molar-refractivity contribution < 1.29 is 23.7 Å². The SMILES string of the molecule is COCn1cc(-c2cc(-c3ccn(COC)n3)cc([C@@H](C)NC(=O)c3cc(OCCN4CC5(COC5)C4)ccc3C)c2)cn1. The van der Waals surface area contributed by atoms with Gasteiger partial charge in [-0.2, -0.15) is 10.2 Å². The van der Waals surface area contributed by atoms with E-state index in [1.54, 1.807) is 23.6 Å². The van der Waals surface area contributed by atoms with E-state index < -0.39 is 0 Å². The number of ether oxygens (including phenoxy) is 4. The predicted octanol–water partition coefficient (Wildman–Crippen LogP) is 4.13. The van der Waals surface area contributed by atoms with Gasteiger partial charge in [-0.1, -0.05) is 6.07 Å². The lowest BCUT2D eigenvalue weighted by molar-refractivity contribution is -0.189. The van der Waals surface area contributed by atoms with Crippen LogP contribution in [-0.4, -0.2) is 84.0 Å². The fraction of sp³-hybridized carbons (Fsp3) is 0.424. The number of aromatic nitrogens is 4. The maximum Gasteiger partial charge on any atom is 0.252 e. The van der Waals surface area contributed by atoms with Gasteiger partial charge in [-0.25, -0.2) is 9.36 Å². The van der Waals surface area contributed by atoms with Crippen molar-refractivity contribution in [2.45, 2.75) is 33.4 Å². The maximum atomic E-state index is 13.6. The fourth-order valence-electron chi connectivity index (χ4n) is 5.87. The van der Waals surface area contributed by atoms with E-state index in [4.69, 9.17) is 18.9 Å².